The first-order chi connectivity index (χ1) is 9.24. The number of aromatic nitrogens is 4. The minimum absolute atomic E-state index is 0.388. The molecule has 2 aromatic heterocycles. The van der Waals surface area contributed by atoms with Crippen molar-refractivity contribution in [2.75, 3.05) is 0 Å². The maximum Gasteiger partial charge on any atom is 0.488 e. The Morgan fingerprint density at radius 1 is 0.842 bits per heavy atom. The quantitative estimate of drug-likeness (QED) is 0.631. The molecule has 0 unspecified atom stereocenters. The molecule has 3 rings (SSSR count). The van der Waals surface area contributed by atoms with Crippen LogP contribution < -0.4 is 5.46 Å². The molecule has 0 radical (unpaired) electrons. The minimum Gasteiger partial charge on any atom is -0.423 e. The van der Waals surface area contributed by atoms with Gasteiger partial charge in [-0.1, -0.05) is 0 Å². The van der Waals surface area contributed by atoms with E-state index in [1.165, 1.54) is 0 Å². The molecule has 94 valence electrons. The van der Waals surface area contributed by atoms with Crippen LogP contribution in [-0.4, -0.2) is 36.7 Å². The summed E-state index contributed by atoms with van der Waals surface area (Å²) in [6.07, 6.45) is 6.90. The largest absolute Gasteiger partial charge is 0.488 e. The Morgan fingerprint density at radius 2 is 1.37 bits per heavy atom. The summed E-state index contributed by atoms with van der Waals surface area (Å²) in [6, 6.07) is 8.81. The average Bonchev–Trinajstić information content (AvgIpc) is 3.11. The monoisotopic (exact) mass is 254 g/mol. The van der Waals surface area contributed by atoms with Gasteiger partial charge in [-0.2, -0.15) is 10.2 Å². The highest BCUT2D eigenvalue weighted by molar-refractivity contribution is 6.58. The number of hydrogen-bond acceptors (Lipinski definition) is 4. The number of benzene rings is 1. The van der Waals surface area contributed by atoms with Crippen molar-refractivity contribution in [3.05, 3.63) is 55.1 Å². The van der Waals surface area contributed by atoms with Crippen molar-refractivity contribution >= 4 is 12.6 Å². The normalized spacial score (nSPS) is 10.6. The SMILES string of the molecule is OB(O)c1cc(-n2cccn2)cc(-n2cccn2)c1. The molecule has 0 atom stereocenters. The summed E-state index contributed by atoms with van der Waals surface area (Å²) in [5.41, 5.74) is 1.86. The van der Waals surface area contributed by atoms with Crippen molar-refractivity contribution in [1.82, 2.24) is 19.6 Å². The van der Waals surface area contributed by atoms with Gasteiger partial charge in [-0.15, -0.1) is 0 Å². The van der Waals surface area contributed by atoms with Crippen molar-refractivity contribution in [1.29, 1.82) is 0 Å². The van der Waals surface area contributed by atoms with Crippen LogP contribution in [0, 0.1) is 0 Å². The fourth-order valence-electron chi connectivity index (χ4n) is 1.87. The molecular weight excluding hydrogens is 243 g/mol. The lowest BCUT2D eigenvalue weighted by atomic mass is 9.80. The van der Waals surface area contributed by atoms with Crippen molar-refractivity contribution < 1.29 is 10.0 Å². The van der Waals surface area contributed by atoms with Gasteiger partial charge < -0.3 is 10.0 Å². The zero-order valence-corrected chi connectivity index (χ0v) is 9.96. The Bertz CT molecular complexity index is 613. The third kappa shape index (κ3) is 2.29. The molecule has 0 aliphatic carbocycles. The Balaban J connectivity index is 2.15. The molecule has 0 fully saturated rings. The van der Waals surface area contributed by atoms with Crippen molar-refractivity contribution in [2.24, 2.45) is 0 Å². The van der Waals surface area contributed by atoms with Crippen LogP contribution in [0.3, 0.4) is 0 Å². The Kier molecular flexibility index (Phi) is 2.90. The summed E-state index contributed by atoms with van der Waals surface area (Å²) in [6.45, 7) is 0. The molecule has 0 amide bonds. The van der Waals surface area contributed by atoms with E-state index in [1.54, 1.807) is 58.4 Å². The van der Waals surface area contributed by atoms with Gasteiger partial charge in [0, 0.05) is 24.8 Å². The van der Waals surface area contributed by atoms with E-state index < -0.39 is 7.12 Å². The average molecular weight is 254 g/mol. The first-order valence-corrected chi connectivity index (χ1v) is 5.75. The molecule has 2 heterocycles. The van der Waals surface area contributed by atoms with Gasteiger partial charge in [-0.25, -0.2) is 9.36 Å². The molecule has 1 aromatic carbocycles. The van der Waals surface area contributed by atoms with Gasteiger partial charge in [0.05, 0.1) is 11.4 Å². The molecule has 19 heavy (non-hydrogen) atoms. The second kappa shape index (κ2) is 4.71. The van der Waals surface area contributed by atoms with E-state index in [0.717, 1.165) is 11.4 Å². The van der Waals surface area contributed by atoms with E-state index in [4.69, 9.17) is 0 Å². The maximum absolute atomic E-state index is 9.36. The number of nitrogens with zero attached hydrogens (tertiary/aromatic N) is 4. The standard InChI is InChI=1S/C12H11BN4O2/c18-13(19)10-7-11(16-5-1-3-14-16)9-12(8-10)17-6-2-4-15-17/h1-9,18-19H. The highest BCUT2D eigenvalue weighted by Gasteiger charge is 2.14. The lowest BCUT2D eigenvalue weighted by molar-refractivity contribution is 0.425. The molecule has 3 aromatic rings. The van der Waals surface area contributed by atoms with Crippen LogP contribution in [0.1, 0.15) is 0 Å². The Morgan fingerprint density at radius 3 is 1.74 bits per heavy atom. The lowest BCUT2D eigenvalue weighted by Crippen LogP contribution is -2.30. The van der Waals surface area contributed by atoms with Gasteiger partial charge in [0.25, 0.3) is 0 Å². The Hall–Kier alpha value is -2.38. The van der Waals surface area contributed by atoms with Gasteiger partial charge in [0.2, 0.25) is 0 Å². The smallest absolute Gasteiger partial charge is 0.423 e. The van der Waals surface area contributed by atoms with Gasteiger partial charge in [-0.05, 0) is 35.8 Å². The summed E-state index contributed by atoms with van der Waals surface area (Å²) in [7, 11) is -1.54. The summed E-state index contributed by atoms with van der Waals surface area (Å²) >= 11 is 0. The summed E-state index contributed by atoms with van der Waals surface area (Å²) in [5, 5.41) is 27.0. The summed E-state index contributed by atoms with van der Waals surface area (Å²) in [4.78, 5) is 0. The fourth-order valence-corrected chi connectivity index (χ4v) is 1.87. The van der Waals surface area contributed by atoms with Gasteiger partial charge in [0.1, 0.15) is 0 Å². The molecule has 0 saturated carbocycles. The fraction of sp³-hybridized carbons (Fsp3) is 0. The maximum atomic E-state index is 9.36. The Labute approximate surface area is 109 Å². The summed E-state index contributed by atoms with van der Waals surface area (Å²) in [5.74, 6) is 0. The molecule has 0 aliphatic rings. The minimum atomic E-state index is -1.54. The second-order valence-electron chi connectivity index (χ2n) is 4.06. The van der Waals surface area contributed by atoms with E-state index in [9.17, 15) is 10.0 Å². The van der Waals surface area contributed by atoms with Gasteiger partial charge in [0.15, 0.2) is 0 Å². The van der Waals surface area contributed by atoms with Gasteiger partial charge >= 0.3 is 7.12 Å². The second-order valence-corrected chi connectivity index (χ2v) is 4.06. The number of rotatable bonds is 3. The van der Waals surface area contributed by atoms with E-state index in [0.29, 0.717) is 5.46 Å². The topological polar surface area (TPSA) is 76.1 Å². The van der Waals surface area contributed by atoms with E-state index in [2.05, 4.69) is 10.2 Å². The van der Waals surface area contributed by atoms with Crippen LogP contribution in [0.15, 0.2) is 55.1 Å². The van der Waals surface area contributed by atoms with Crippen LogP contribution in [0.5, 0.6) is 0 Å². The zero-order valence-electron chi connectivity index (χ0n) is 9.96. The summed E-state index contributed by atoms with van der Waals surface area (Å²) < 4.78 is 3.30. The molecular formula is C12H11BN4O2. The van der Waals surface area contributed by atoms with Crippen molar-refractivity contribution in [3.63, 3.8) is 0 Å². The third-order valence-corrected chi connectivity index (χ3v) is 2.76. The van der Waals surface area contributed by atoms with E-state index >= 15 is 0 Å². The lowest BCUT2D eigenvalue weighted by Gasteiger charge is -2.09. The van der Waals surface area contributed by atoms with E-state index in [1.807, 2.05) is 6.07 Å². The molecule has 2 N–H and O–H groups in total. The molecule has 7 heteroatoms. The first kappa shape index (κ1) is 11.7. The van der Waals surface area contributed by atoms with Crippen molar-refractivity contribution in [3.8, 4) is 11.4 Å². The molecule has 6 nitrogen and oxygen atoms in total. The van der Waals surface area contributed by atoms with Crippen LogP contribution in [0.4, 0.5) is 0 Å². The van der Waals surface area contributed by atoms with Crippen LogP contribution >= 0.6 is 0 Å². The van der Waals surface area contributed by atoms with Crippen LogP contribution in [-0.2, 0) is 0 Å². The molecule has 0 saturated heterocycles. The predicted octanol–water partition coefficient (Wildman–Crippen LogP) is -0.262. The van der Waals surface area contributed by atoms with Crippen LogP contribution in [0.25, 0.3) is 11.4 Å². The highest BCUT2D eigenvalue weighted by atomic mass is 16.4. The van der Waals surface area contributed by atoms with Gasteiger partial charge in [-0.3, -0.25) is 0 Å². The molecule has 0 spiro atoms. The third-order valence-electron chi connectivity index (χ3n) is 2.76. The predicted molar refractivity (Wildman–Crippen MR) is 70.5 cm³/mol. The highest BCUT2D eigenvalue weighted by Crippen LogP contribution is 2.12. The molecule has 0 bridgehead atoms. The first-order valence-electron chi connectivity index (χ1n) is 5.75. The van der Waals surface area contributed by atoms with E-state index in [-0.39, 0.29) is 0 Å². The van der Waals surface area contributed by atoms with Crippen molar-refractivity contribution in [2.45, 2.75) is 0 Å². The zero-order chi connectivity index (χ0) is 13.2. The molecule has 0 aliphatic heterocycles. The van der Waals surface area contributed by atoms with Crippen LogP contribution in [0.2, 0.25) is 0 Å². The number of hydrogen-bond donors (Lipinski definition) is 2.